The Morgan fingerprint density at radius 1 is 1.53 bits per heavy atom. The molecule has 2 heterocycles. The van der Waals surface area contributed by atoms with E-state index in [1.54, 1.807) is 6.92 Å². The number of anilines is 2. The fraction of sp³-hybridized carbons (Fsp3) is 0.636. The number of hydrogen-bond acceptors (Lipinski definition) is 5. The monoisotopic (exact) mass is 240 g/mol. The second kappa shape index (κ2) is 4.83. The molecule has 1 aromatic heterocycles. The molecule has 1 aliphatic heterocycles. The topological polar surface area (TPSA) is 75.3 Å². The van der Waals surface area contributed by atoms with Crippen LogP contribution < -0.4 is 10.6 Å². The van der Waals surface area contributed by atoms with Crippen molar-refractivity contribution in [2.24, 2.45) is 5.92 Å². The Labute approximate surface area is 99.5 Å². The summed E-state index contributed by atoms with van der Waals surface area (Å²) in [5.74, 6) is 0.184. The van der Waals surface area contributed by atoms with Gasteiger partial charge in [-0.1, -0.05) is 0 Å². The van der Waals surface area contributed by atoms with Crippen molar-refractivity contribution >= 4 is 11.8 Å². The quantitative estimate of drug-likeness (QED) is 0.799. The highest BCUT2D eigenvalue weighted by molar-refractivity contribution is 5.42. The number of nitrogen functional groups attached to an aromatic ring is 1. The molecule has 5 nitrogen and oxygen atoms in total. The number of hydrogen-bond donors (Lipinski definition) is 2. The molecule has 0 bridgehead atoms. The van der Waals surface area contributed by atoms with Gasteiger partial charge in [-0.2, -0.15) is 4.98 Å². The van der Waals surface area contributed by atoms with E-state index in [0.717, 1.165) is 19.0 Å². The first kappa shape index (κ1) is 12.0. The van der Waals surface area contributed by atoms with E-state index in [4.69, 9.17) is 5.73 Å². The van der Waals surface area contributed by atoms with Crippen molar-refractivity contribution in [3.63, 3.8) is 0 Å². The van der Waals surface area contributed by atoms with Crippen molar-refractivity contribution in [2.75, 3.05) is 23.7 Å². The van der Waals surface area contributed by atoms with Gasteiger partial charge in [-0.05, 0) is 25.7 Å². The molecule has 0 saturated carbocycles. The average Bonchev–Trinajstić information content (AvgIpc) is 2.32. The molecule has 0 spiro atoms. The van der Waals surface area contributed by atoms with Gasteiger partial charge in [0.15, 0.2) is 11.6 Å². The highest BCUT2D eigenvalue weighted by Crippen LogP contribution is 2.25. The summed E-state index contributed by atoms with van der Waals surface area (Å²) in [7, 11) is 0. The summed E-state index contributed by atoms with van der Waals surface area (Å²) in [6.45, 7) is 3.16. The summed E-state index contributed by atoms with van der Waals surface area (Å²) in [5, 5.41) is 9.49. The fourth-order valence-corrected chi connectivity index (χ4v) is 2.19. The lowest BCUT2D eigenvalue weighted by atomic mass is 9.92. The Bertz CT molecular complexity index is 391. The van der Waals surface area contributed by atoms with Crippen molar-refractivity contribution < 1.29 is 9.50 Å². The molecule has 0 aromatic carbocycles. The Hall–Kier alpha value is -1.43. The average molecular weight is 240 g/mol. The Kier molecular flexibility index (Phi) is 3.42. The molecule has 94 valence electrons. The molecule has 1 atom stereocenters. The molecule has 1 aromatic rings. The molecule has 3 N–H and O–H groups in total. The molecule has 1 saturated heterocycles. The van der Waals surface area contributed by atoms with Crippen LogP contribution in [0.3, 0.4) is 0 Å². The normalized spacial score (nSPS) is 19.4. The van der Waals surface area contributed by atoms with E-state index < -0.39 is 5.82 Å². The number of nitrogens with zero attached hydrogens (tertiary/aromatic N) is 3. The predicted octanol–water partition coefficient (Wildman–Crippen LogP) is 0.795. The highest BCUT2D eigenvalue weighted by Gasteiger charge is 2.25. The van der Waals surface area contributed by atoms with Crippen molar-refractivity contribution in [3.05, 3.63) is 12.0 Å². The van der Waals surface area contributed by atoms with Gasteiger partial charge in [0, 0.05) is 13.1 Å². The summed E-state index contributed by atoms with van der Waals surface area (Å²) in [6, 6.07) is 0. The number of nitrogens with two attached hydrogens (primary N) is 1. The van der Waals surface area contributed by atoms with Crippen LogP contribution in [0.4, 0.5) is 16.2 Å². The maximum absolute atomic E-state index is 13.5. The van der Waals surface area contributed by atoms with Gasteiger partial charge in [-0.3, -0.25) is 0 Å². The molecule has 1 unspecified atom stereocenters. The maximum Gasteiger partial charge on any atom is 0.222 e. The number of piperidine rings is 1. The number of aromatic nitrogens is 2. The van der Waals surface area contributed by atoms with E-state index in [1.807, 2.05) is 4.90 Å². The third kappa shape index (κ3) is 2.63. The lowest BCUT2D eigenvalue weighted by molar-refractivity contribution is 0.109. The minimum atomic E-state index is -0.449. The van der Waals surface area contributed by atoms with Crippen LogP contribution in [0, 0.1) is 11.7 Å². The molecule has 0 amide bonds. The van der Waals surface area contributed by atoms with Gasteiger partial charge in [0.2, 0.25) is 5.95 Å². The van der Waals surface area contributed by atoms with Gasteiger partial charge in [-0.25, -0.2) is 9.37 Å². The molecule has 2 rings (SSSR count). The summed E-state index contributed by atoms with van der Waals surface area (Å²) >= 11 is 0. The zero-order valence-corrected chi connectivity index (χ0v) is 9.80. The lowest BCUT2D eigenvalue weighted by Crippen LogP contribution is -2.38. The standard InChI is InChI=1S/C11H17FN4O/c1-7(17)8-2-4-16(5-3-8)10-9(12)6-14-11(13)15-10/h6-8,17H,2-5H2,1H3,(H2,13,14,15). The molecule has 0 radical (unpaired) electrons. The van der Waals surface area contributed by atoms with Crippen molar-refractivity contribution in [2.45, 2.75) is 25.9 Å². The summed E-state index contributed by atoms with van der Waals surface area (Å²) in [5.41, 5.74) is 5.45. The van der Waals surface area contributed by atoms with Gasteiger partial charge in [0.1, 0.15) is 0 Å². The predicted molar refractivity (Wildman–Crippen MR) is 63.0 cm³/mol. The van der Waals surface area contributed by atoms with Crippen LogP contribution in [0.15, 0.2) is 6.20 Å². The molecule has 1 fully saturated rings. The Balaban J connectivity index is 2.07. The van der Waals surface area contributed by atoms with Crippen LogP contribution in [0.2, 0.25) is 0 Å². The maximum atomic E-state index is 13.5. The van der Waals surface area contributed by atoms with Crippen molar-refractivity contribution in [1.82, 2.24) is 9.97 Å². The number of aliphatic hydroxyl groups excluding tert-OH is 1. The van der Waals surface area contributed by atoms with Crippen LogP contribution in [0.5, 0.6) is 0 Å². The molecule has 6 heteroatoms. The smallest absolute Gasteiger partial charge is 0.222 e. The Morgan fingerprint density at radius 2 is 2.18 bits per heavy atom. The van der Waals surface area contributed by atoms with Crippen LogP contribution >= 0.6 is 0 Å². The van der Waals surface area contributed by atoms with Gasteiger partial charge < -0.3 is 15.7 Å². The summed E-state index contributed by atoms with van der Waals surface area (Å²) < 4.78 is 13.5. The van der Waals surface area contributed by atoms with E-state index in [9.17, 15) is 9.50 Å². The van der Waals surface area contributed by atoms with Gasteiger partial charge in [0.25, 0.3) is 0 Å². The third-order valence-corrected chi connectivity index (χ3v) is 3.27. The van der Waals surface area contributed by atoms with E-state index >= 15 is 0 Å². The minimum absolute atomic E-state index is 0.0825. The summed E-state index contributed by atoms with van der Waals surface area (Å²) in [4.78, 5) is 9.38. The number of rotatable bonds is 2. The fourth-order valence-electron chi connectivity index (χ4n) is 2.19. The SMILES string of the molecule is CC(O)C1CCN(c2nc(N)ncc2F)CC1. The van der Waals surface area contributed by atoms with E-state index in [0.29, 0.717) is 13.1 Å². The first-order chi connectivity index (χ1) is 8.08. The zero-order chi connectivity index (χ0) is 12.4. The van der Waals surface area contributed by atoms with Crippen LogP contribution in [-0.4, -0.2) is 34.3 Å². The number of halogens is 1. The highest BCUT2D eigenvalue weighted by atomic mass is 19.1. The molecular formula is C11H17FN4O. The Morgan fingerprint density at radius 3 is 2.76 bits per heavy atom. The first-order valence-corrected chi connectivity index (χ1v) is 5.79. The molecule has 0 aliphatic carbocycles. The lowest BCUT2D eigenvalue weighted by Gasteiger charge is -2.34. The van der Waals surface area contributed by atoms with Crippen LogP contribution in [-0.2, 0) is 0 Å². The third-order valence-electron chi connectivity index (χ3n) is 3.27. The molecule has 17 heavy (non-hydrogen) atoms. The second-order valence-electron chi connectivity index (χ2n) is 4.46. The van der Waals surface area contributed by atoms with Crippen LogP contribution in [0.25, 0.3) is 0 Å². The van der Waals surface area contributed by atoms with Crippen LogP contribution in [0.1, 0.15) is 19.8 Å². The minimum Gasteiger partial charge on any atom is -0.393 e. The second-order valence-corrected chi connectivity index (χ2v) is 4.46. The first-order valence-electron chi connectivity index (χ1n) is 5.79. The van der Waals surface area contributed by atoms with Gasteiger partial charge in [0.05, 0.1) is 12.3 Å². The van der Waals surface area contributed by atoms with Gasteiger partial charge in [-0.15, -0.1) is 0 Å². The van der Waals surface area contributed by atoms with E-state index in [2.05, 4.69) is 9.97 Å². The van der Waals surface area contributed by atoms with E-state index in [1.165, 1.54) is 0 Å². The molecular weight excluding hydrogens is 223 g/mol. The molecule has 1 aliphatic rings. The van der Waals surface area contributed by atoms with Crippen molar-refractivity contribution in [1.29, 1.82) is 0 Å². The summed E-state index contributed by atoms with van der Waals surface area (Å²) in [6.07, 6.45) is 2.46. The zero-order valence-electron chi connectivity index (χ0n) is 9.80. The largest absolute Gasteiger partial charge is 0.393 e. The van der Waals surface area contributed by atoms with Crippen molar-refractivity contribution in [3.8, 4) is 0 Å². The van der Waals surface area contributed by atoms with Gasteiger partial charge >= 0.3 is 0 Å². The van der Waals surface area contributed by atoms with E-state index in [-0.39, 0.29) is 23.8 Å². The number of aliphatic hydroxyl groups is 1.